The van der Waals surface area contributed by atoms with Gasteiger partial charge in [-0.2, -0.15) is 0 Å². The second-order valence-corrected chi connectivity index (χ2v) is 6.62. The van der Waals surface area contributed by atoms with E-state index in [4.69, 9.17) is 0 Å². The van der Waals surface area contributed by atoms with Crippen LogP contribution in [0, 0.1) is 0 Å². The number of nitrogens with zero attached hydrogens (tertiary/aromatic N) is 3. The number of fused-ring (bicyclic) bond motifs is 1. The predicted molar refractivity (Wildman–Crippen MR) is 113 cm³/mol. The summed E-state index contributed by atoms with van der Waals surface area (Å²) in [6.45, 7) is 5.19. The summed E-state index contributed by atoms with van der Waals surface area (Å²) in [6.07, 6.45) is 0. The molecule has 142 valence electrons. The van der Waals surface area contributed by atoms with Crippen molar-refractivity contribution in [3.05, 3.63) is 95.2 Å². The Hall–Kier alpha value is -4.06. The molecule has 0 aromatic heterocycles. The zero-order valence-corrected chi connectivity index (χ0v) is 15.8. The van der Waals surface area contributed by atoms with Gasteiger partial charge in [0.2, 0.25) is 5.43 Å². The fourth-order valence-electron chi connectivity index (χ4n) is 2.90. The van der Waals surface area contributed by atoms with E-state index in [2.05, 4.69) is 22.0 Å². The summed E-state index contributed by atoms with van der Waals surface area (Å²) < 4.78 is 1.69. The summed E-state index contributed by atoms with van der Waals surface area (Å²) in [4.78, 5) is 29.2. The number of nitrogens with one attached hydrogen (secondary N) is 1. The lowest BCUT2D eigenvalue weighted by atomic mass is 10.1. The van der Waals surface area contributed by atoms with Crippen LogP contribution in [0.15, 0.2) is 89.7 Å². The van der Waals surface area contributed by atoms with Gasteiger partial charge in [-0.05, 0) is 25.1 Å². The van der Waals surface area contributed by atoms with Gasteiger partial charge < -0.3 is 5.32 Å². The van der Waals surface area contributed by atoms with Gasteiger partial charge in [-0.1, -0.05) is 55.1 Å². The number of carbonyl (C=O) groups excluding carboxylic acids is 1. The Morgan fingerprint density at radius 1 is 1.00 bits per heavy atom. The van der Waals surface area contributed by atoms with Crippen LogP contribution in [0.1, 0.15) is 6.92 Å². The Labute approximate surface area is 167 Å². The van der Waals surface area contributed by atoms with Gasteiger partial charge in [0, 0.05) is 17.2 Å². The van der Waals surface area contributed by atoms with Crippen molar-refractivity contribution in [2.75, 3.05) is 5.32 Å². The van der Waals surface area contributed by atoms with Crippen molar-refractivity contribution in [1.82, 2.24) is 14.8 Å². The number of hydrogen-bond donors (Lipinski definition) is 1. The van der Waals surface area contributed by atoms with E-state index in [1.54, 1.807) is 17.7 Å². The first-order chi connectivity index (χ1) is 14.0. The van der Waals surface area contributed by atoms with E-state index in [9.17, 15) is 9.59 Å². The van der Waals surface area contributed by atoms with Gasteiger partial charge in [0.1, 0.15) is 0 Å². The van der Waals surface area contributed by atoms with Crippen LogP contribution >= 0.6 is 0 Å². The van der Waals surface area contributed by atoms with Crippen LogP contribution in [0.4, 0.5) is 5.69 Å². The Kier molecular flexibility index (Phi) is 4.75. The van der Waals surface area contributed by atoms with Crippen LogP contribution in [0.2, 0.25) is 0 Å². The molecule has 0 spiro atoms. The van der Waals surface area contributed by atoms with E-state index in [0.717, 1.165) is 11.3 Å². The Morgan fingerprint density at radius 3 is 2.31 bits per heavy atom. The van der Waals surface area contributed by atoms with Gasteiger partial charge in [0.15, 0.2) is 5.82 Å². The monoisotopic (exact) mass is 382 g/mol. The first-order valence-electron chi connectivity index (χ1n) is 9.06. The van der Waals surface area contributed by atoms with Crippen LogP contribution in [0.3, 0.4) is 0 Å². The molecule has 2 aromatic rings. The highest BCUT2D eigenvalue weighted by Gasteiger charge is 2.18. The molecular weight excluding hydrogens is 364 g/mol. The molecule has 1 aliphatic heterocycles. The van der Waals surface area contributed by atoms with Crippen LogP contribution in [0.25, 0.3) is 28.5 Å². The molecule has 0 unspecified atom stereocenters. The molecule has 1 amide bonds. The zero-order chi connectivity index (χ0) is 20.4. The van der Waals surface area contributed by atoms with Crippen molar-refractivity contribution in [2.24, 2.45) is 0 Å². The molecule has 1 N–H and O–H groups in total. The van der Waals surface area contributed by atoms with E-state index < -0.39 is 5.91 Å². The van der Waals surface area contributed by atoms with Gasteiger partial charge in [0.05, 0.1) is 22.8 Å². The first kappa shape index (κ1) is 18.3. The average Bonchev–Trinajstić information content (AvgIpc) is 2.74. The molecule has 0 radical (unpaired) electrons. The van der Waals surface area contributed by atoms with E-state index in [-0.39, 0.29) is 11.1 Å². The van der Waals surface area contributed by atoms with Crippen molar-refractivity contribution in [1.29, 1.82) is 0 Å². The number of para-hydroxylation sites is 1. The first-order valence-corrected chi connectivity index (χ1v) is 9.06. The molecule has 6 heteroatoms. The minimum atomic E-state index is -0.408. The third-order valence-corrected chi connectivity index (χ3v) is 4.39. The number of amides is 1. The molecule has 29 heavy (non-hydrogen) atoms. The van der Waals surface area contributed by atoms with Crippen molar-refractivity contribution in [3.63, 3.8) is 0 Å². The lowest BCUT2D eigenvalue weighted by Crippen LogP contribution is -2.20. The molecule has 0 saturated heterocycles. The van der Waals surface area contributed by atoms with Crippen LogP contribution in [-0.4, -0.2) is 20.7 Å². The highest BCUT2D eigenvalue weighted by molar-refractivity contribution is 6.03. The van der Waals surface area contributed by atoms with Crippen molar-refractivity contribution in [3.8, 4) is 28.5 Å². The Morgan fingerprint density at radius 2 is 1.66 bits per heavy atom. The second-order valence-electron chi connectivity index (χ2n) is 6.62. The molecule has 4 rings (SSSR count). The largest absolute Gasteiger partial charge is 0.319 e. The van der Waals surface area contributed by atoms with Crippen LogP contribution < -0.4 is 10.7 Å². The molecule has 2 aliphatic rings. The maximum Gasteiger partial charge on any atom is 0.250 e. The summed E-state index contributed by atoms with van der Waals surface area (Å²) in [5.41, 5.74) is 2.88. The third kappa shape index (κ3) is 3.68. The maximum absolute atomic E-state index is 12.6. The summed E-state index contributed by atoms with van der Waals surface area (Å²) >= 11 is 0. The van der Waals surface area contributed by atoms with Gasteiger partial charge in [-0.3, -0.25) is 9.59 Å². The number of carbonyl (C=O) groups is 1. The topological polar surface area (TPSA) is 76.9 Å². The Balaban J connectivity index is 1.96. The molecular formula is C23H18N4O2. The number of hydrogen-bond acceptors (Lipinski definition) is 4. The predicted octanol–water partition coefficient (Wildman–Crippen LogP) is 3.91. The maximum atomic E-state index is 12.6. The van der Waals surface area contributed by atoms with E-state index in [1.165, 1.54) is 6.07 Å². The molecule has 1 heterocycles. The van der Waals surface area contributed by atoms with Crippen molar-refractivity contribution < 1.29 is 4.79 Å². The standard InChI is InChI=1S/C23H18N4O2/c1-15(2)23(29)25-19-13-18-20(14-21(19)28)27(17-11-7-4-8-12-17)26-22(24-18)16-9-5-3-6-10-16/h3-14H,1H2,2H3,(H,25,29). The van der Waals surface area contributed by atoms with Gasteiger partial charge in [-0.25, -0.2) is 9.67 Å². The summed E-state index contributed by atoms with van der Waals surface area (Å²) in [5, 5.41) is 7.27. The van der Waals surface area contributed by atoms with Crippen LogP contribution in [0.5, 0.6) is 0 Å². The zero-order valence-electron chi connectivity index (χ0n) is 15.8. The molecule has 0 bridgehead atoms. The summed E-state index contributed by atoms with van der Waals surface area (Å²) in [5.74, 6) is 0.104. The number of rotatable bonds is 4. The van der Waals surface area contributed by atoms with E-state index >= 15 is 0 Å². The highest BCUT2D eigenvalue weighted by atomic mass is 16.2. The van der Waals surface area contributed by atoms with Gasteiger partial charge >= 0.3 is 0 Å². The van der Waals surface area contributed by atoms with E-state index in [0.29, 0.717) is 22.8 Å². The van der Waals surface area contributed by atoms with Crippen molar-refractivity contribution >= 4 is 11.6 Å². The number of aromatic nitrogens is 3. The van der Waals surface area contributed by atoms with Gasteiger partial charge in [0.25, 0.3) is 5.91 Å². The SMILES string of the molecule is C=C(C)C(=O)Nc1cc2nc(-c3ccccc3)nn(-c3ccccc3)c-2cc1=O. The average molecular weight is 382 g/mol. The molecule has 6 nitrogen and oxygen atoms in total. The smallest absolute Gasteiger partial charge is 0.250 e. The molecule has 0 fully saturated rings. The molecule has 1 aliphatic carbocycles. The normalized spacial score (nSPS) is 10.7. The minimum absolute atomic E-state index is 0.155. The Bertz CT molecular complexity index is 1230. The lowest BCUT2D eigenvalue weighted by Gasteiger charge is -2.17. The second kappa shape index (κ2) is 7.52. The molecule has 0 atom stereocenters. The fourth-order valence-corrected chi connectivity index (χ4v) is 2.90. The third-order valence-electron chi connectivity index (χ3n) is 4.39. The lowest BCUT2D eigenvalue weighted by molar-refractivity contribution is -0.112. The van der Waals surface area contributed by atoms with Crippen molar-refractivity contribution in [2.45, 2.75) is 6.92 Å². The quantitative estimate of drug-likeness (QED) is 0.543. The molecule has 2 aromatic carbocycles. The summed E-state index contributed by atoms with van der Waals surface area (Å²) in [6, 6.07) is 22.1. The minimum Gasteiger partial charge on any atom is -0.319 e. The summed E-state index contributed by atoms with van der Waals surface area (Å²) in [7, 11) is 0. The van der Waals surface area contributed by atoms with E-state index in [1.807, 2.05) is 60.7 Å². The molecule has 0 saturated carbocycles. The van der Waals surface area contributed by atoms with Crippen LogP contribution in [-0.2, 0) is 4.79 Å². The number of anilines is 1. The highest BCUT2D eigenvalue weighted by Crippen LogP contribution is 2.26. The number of benzene rings is 3. The fraction of sp³-hybridized carbons (Fsp3) is 0.0435. The van der Waals surface area contributed by atoms with Gasteiger partial charge in [-0.15, -0.1) is 5.10 Å².